The molecule has 4 N–H and O–H groups in total. The lowest BCUT2D eigenvalue weighted by Gasteiger charge is -2.11. The molecule has 0 spiro atoms. The monoisotopic (exact) mass is 247 g/mol. The molecule has 18 heavy (non-hydrogen) atoms. The van der Waals surface area contributed by atoms with Gasteiger partial charge < -0.3 is 16.4 Å². The van der Waals surface area contributed by atoms with Gasteiger partial charge >= 0.3 is 0 Å². The summed E-state index contributed by atoms with van der Waals surface area (Å²) in [5.41, 5.74) is 7.06. The molecule has 1 fully saturated rings. The molecule has 0 radical (unpaired) electrons. The van der Waals surface area contributed by atoms with Crippen LogP contribution in [-0.2, 0) is 11.3 Å². The van der Waals surface area contributed by atoms with Crippen LogP contribution in [0.25, 0.3) is 0 Å². The van der Waals surface area contributed by atoms with E-state index in [1.165, 1.54) is 0 Å². The van der Waals surface area contributed by atoms with Gasteiger partial charge in [-0.2, -0.15) is 0 Å². The van der Waals surface area contributed by atoms with E-state index in [0.29, 0.717) is 25.1 Å². The minimum atomic E-state index is -0.133. The van der Waals surface area contributed by atoms with Crippen molar-refractivity contribution in [3.8, 4) is 0 Å². The summed E-state index contributed by atoms with van der Waals surface area (Å²) in [6.07, 6.45) is 1.32. The lowest BCUT2D eigenvalue weighted by Crippen LogP contribution is -2.38. The first-order valence-electron chi connectivity index (χ1n) is 6.05. The fraction of sp³-hybridized carbons (Fsp3) is 0.385. The van der Waals surface area contributed by atoms with Gasteiger partial charge in [0.15, 0.2) is 0 Å². The van der Waals surface area contributed by atoms with Gasteiger partial charge in [0.1, 0.15) is 0 Å². The number of hydrogen-bond acceptors (Lipinski definition) is 3. The van der Waals surface area contributed by atoms with E-state index < -0.39 is 0 Å². The van der Waals surface area contributed by atoms with Gasteiger partial charge in [-0.15, -0.1) is 0 Å². The van der Waals surface area contributed by atoms with Crippen LogP contribution >= 0.6 is 0 Å². The van der Waals surface area contributed by atoms with E-state index >= 15 is 0 Å². The summed E-state index contributed by atoms with van der Waals surface area (Å²) < 4.78 is 0. The minimum Gasteiger partial charge on any atom is -0.352 e. The second-order valence-corrected chi connectivity index (χ2v) is 4.42. The molecule has 1 atom stereocenters. The Morgan fingerprint density at radius 3 is 3.00 bits per heavy atom. The number of benzene rings is 1. The highest BCUT2D eigenvalue weighted by molar-refractivity contribution is 5.94. The SMILES string of the molecule is NCc1cccc(C(=O)NCC2CCC(=O)N2)c1. The maximum absolute atomic E-state index is 11.9. The molecule has 0 bridgehead atoms. The zero-order valence-electron chi connectivity index (χ0n) is 10.1. The summed E-state index contributed by atoms with van der Waals surface area (Å²) in [6, 6.07) is 7.28. The lowest BCUT2D eigenvalue weighted by molar-refractivity contribution is -0.119. The van der Waals surface area contributed by atoms with Gasteiger partial charge in [0.2, 0.25) is 5.91 Å². The number of amides is 2. The number of nitrogens with two attached hydrogens (primary N) is 1. The number of nitrogens with one attached hydrogen (secondary N) is 2. The van der Waals surface area contributed by atoms with Crippen LogP contribution in [0, 0.1) is 0 Å². The lowest BCUT2D eigenvalue weighted by atomic mass is 10.1. The molecule has 1 aromatic rings. The Hall–Kier alpha value is -1.88. The Morgan fingerprint density at radius 2 is 2.33 bits per heavy atom. The molecule has 1 aliphatic heterocycles. The van der Waals surface area contributed by atoms with Crippen LogP contribution in [0.2, 0.25) is 0 Å². The van der Waals surface area contributed by atoms with Crippen molar-refractivity contribution in [1.29, 1.82) is 0 Å². The molecule has 1 aromatic carbocycles. The number of hydrogen-bond donors (Lipinski definition) is 3. The fourth-order valence-corrected chi connectivity index (χ4v) is 1.99. The van der Waals surface area contributed by atoms with Gasteiger partial charge in [-0.1, -0.05) is 12.1 Å². The minimum absolute atomic E-state index is 0.0548. The van der Waals surface area contributed by atoms with Crippen LogP contribution in [0.4, 0.5) is 0 Å². The first-order chi connectivity index (χ1) is 8.69. The highest BCUT2D eigenvalue weighted by Gasteiger charge is 2.21. The van der Waals surface area contributed by atoms with Crippen LogP contribution in [-0.4, -0.2) is 24.4 Å². The average Bonchev–Trinajstić information content (AvgIpc) is 2.82. The zero-order valence-corrected chi connectivity index (χ0v) is 10.1. The van der Waals surface area contributed by atoms with Crippen molar-refractivity contribution in [2.75, 3.05) is 6.54 Å². The van der Waals surface area contributed by atoms with Crippen molar-refractivity contribution in [1.82, 2.24) is 10.6 Å². The number of carbonyl (C=O) groups excluding carboxylic acids is 2. The molecule has 1 heterocycles. The molecular weight excluding hydrogens is 230 g/mol. The van der Waals surface area contributed by atoms with E-state index in [4.69, 9.17) is 5.73 Å². The van der Waals surface area contributed by atoms with Crippen LogP contribution in [0.3, 0.4) is 0 Å². The van der Waals surface area contributed by atoms with Crippen molar-refractivity contribution < 1.29 is 9.59 Å². The zero-order chi connectivity index (χ0) is 13.0. The fourth-order valence-electron chi connectivity index (χ4n) is 1.99. The van der Waals surface area contributed by atoms with E-state index in [1.54, 1.807) is 12.1 Å². The highest BCUT2D eigenvalue weighted by Crippen LogP contribution is 2.07. The molecule has 0 aromatic heterocycles. The van der Waals surface area contributed by atoms with Gasteiger partial charge in [-0.3, -0.25) is 9.59 Å². The van der Waals surface area contributed by atoms with Crippen molar-refractivity contribution in [2.24, 2.45) is 5.73 Å². The van der Waals surface area contributed by atoms with Gasteiger partial charge in [0.05, 0.1) is 0 Å². The molecule has 96 valence electrons. The molecule has 0 saturated carbocycles. The Kier molecular flexibility index (Phi) is 3.94. The highest BCUT2D eigenvalue weighted by atomic mass is 16.2. The molecule has 0 aliphatic carbocycles. The molecule has 1 aliphatic rings. The Balaban J connectivity index is 1.89. The third-order valence-electron chi connectivity index (χ3n) is 3.02. The Bertz CT molecular complexity index is 459. The predicted molar refractivity (Wildman–Crippen MR) is 67.8 cm³/mol. The third-order valence-corrected chi connectivity index (χ3v) is 3.02. The van der Waals surface area contributed by atoms with E-state index in [9.17, 15) is 9.59 Å². The maximum atomic E-state index is 11.9. The molecule has 2 rings (SSSR count). The van der Waals surface area contributed by atoms with Gasteiger partial charge in [0.25, 0.3) is 5.91 Å². The topological polar surface area (TPSA) is 84.2 Å². The second kappa shape index (κ2) is 5.64. The Morgan fingerprint density at radius 1 is 1.50 bits per heavy atom. The predicted octanol–water partition coefficient (Wildman–Crippen LogP) is 0.154. The van der Waals surface area contributed by atoms with Crippen LogP contribution in [0.5, 0.6) is 0 Å². The molecule has 5 nitrogen and oxygen atoms in total. The van der Waals surface area contributed by atoms with Gasteiger partial charge in [-0.05, 0) is 24.1 Å². The third kappa shape index (κ3) is 3.07. The molecule has 1 unspecified atom stereocenters. The smallest absolute Gasteiger partial charge is 0.251 e. The van der Waals surface area contributed by atoms with Crippen molar-refractivity contribution in [3.63, 3.8) is 0 Å². The van der Waals surface area contributed by atoms with Gasteiger partial charge in [-0.25, -0.2) is 0 Å². The first-order valence-corrected chi connectivity index (χ1v) is 6.05. The van der Waals surface area contributed by atoms with Crippen LogP contribution in [0.15, 0.2) is 24.3 Å². The average molecular weight is 247 g/mol. The maximum Gasteiger partial charge on any atom is 0.251 e. The summed E-state index contributed by atoms with van der Waals surface area (Å²) in [6.45, 7) is 0.886. The molecule has 5 heteroatoms. The second-order valence-electron chi connectivity index (χ2n) is 4.42. The summed E-state index contributed by atoms with van der Waals surface area (Å²) in [5, 5.41) is 5.63. The van der Waals surface area contributed by atoms with Crippen molar-refractivity contribution >= 4 is 11.8 Å². The number of carbonyl (C=O) groups is 2. The van der Waals surface area contributed by atoms with Gasteiger partial charge in [0, 0.05) is 31.1 Å². The molecule has 1 saturated heterocycles. The number of rotatable bonds is 4. The van der Waals surface area contributed by atoms with Crippen molar-refractivity contribution in [2.45, 2.75) is 25.4 Å². The summed E-state index contributed by atoms with van der Waals surface area (Å²) in [7, 11) is 0. The summed E-state index contributed by atoms with van der Waals surface area (Å²) in [5.74, 6) is -0.0779. The van der Waals surface area contributed by atoms with E-state index in [1.807, 2.05) is 12.1 Å². The van der Waals surface area contributed by atoms with Crippen LogP contribution in [0.1, 0.15) is 28.8 Å². The van der Waals surface area contributed by atoms with Crippen LogP contribution < -0.4 is 16.4 Å². The molecule has 2 amide bonds. The van der Waals surface area contributed by atoms with E-state index in [2.05, 4.69) is 10.6 Å². The first kappa shape index (κ1) is 12.6. The standard InChI is InChI=1S/C13H17N3O2/c14-7-9-2-1-3-10(6-9)13(18)15-8-11-4-5-12(17)16-11/h1-3,6,11H,4-5,7-8,14H2,(H,15,18)(H,16,17). The normalized spacial score (nSPS) is 18.5. The summed E-state index contributed by atoms with van der Waals surface area (Å²) in [4.78, 5) is 22.9. The molecular formula is C13H17N3O2. The largest absolute Gasteiger partial charge is 0.352 e. The Labute approximate surface area is 106 Å². The van der Waals surface area contributed by atoms with E-state index in [-0.39, 0.29) is 17.9 Å². The quantitative estimate of drug-likeness (QED) is 0.708. The summed E-state index contributed by atoms with van der Waals surface area (Å²) >= 11 is 0. The van der Waals surface area contributed by atoms with Crippen molar-refractivity contribution in [3.05, 3.63) is 35.4 Å². The van der Waals surface area contributed by atoms with E-state index in [0.717, 1.165) is 12.0 Å².